The number of nitrogens with zero attached hydrogens (tertiary/aromatic N) is 3. The molecule has 2 atom stereocenters. The van der Waals surface area contributed by atoms with Crippen LogP contribution in [0.1, 0.15) is 33.1 Å². The Balaban J connectivity index is 1.80. The van der Waals surface area contributed by atoms with Crippen LogP contribution in [0.3, 0.4) is 0 Å². The van der Waals surface area contributed by atoms with Gasteiger partial charge in [-0.3, -0.25) is 4.90 Å². The molecule has 1 aliphatic rings. The first-order valence-corrected chi connectivity index (χ1v) is 7.22. The quantitative estimate of drug-likeness (QED) is 0.835. The first kappa shape index (κ1) is 13.6. The molecule has 1 aliphatic heterocycles. The van der Waals surface area contributed by atoms with Gasteiger partial charge in [0.15, 0.2) is 0 Å². The van der Waals surface area contributed by atoms with Crippen LogP contribution >= 0.6 is 0 Å². The van der Waals surface area contributed by atoms with Gasteiger partial charge in [0, 0.05) is 37.6 Å². The average molecular weight is 250 g/mol. The fourth-order valence-electron chi connectivity index (χ4n) is 2.74. The van der Waals surface area contributed by atoms with Crippen molar-refractivity contribution in [2.45, 2.75) is 51.7 Å². The number of hydrogen-bond donors (Lipinski definition) is 1. The number of aromatic nitrogens is 2. The molecule has 1 aromatic heterocycles. The summed E-state index contributed by atoms with van der Waals surface area (Å²) in [6.45, 7) is 9.17. The number of piperidine rings is 1. The molecule has 0 spiro atoms. The third-order valence-corrected chi connectivity index (χ3v) is 3.79. The SMILES string of the molecule is CCCNC1CCCN(C(C)Cn2ccnc2)C1. The maximum Gasteiger partial charge on any atom is 0.0946 e. The molecule has 0 aromatic carbocycles. The highest BCUT2D eigenvalue weighted by molar-refractivity contribution is 4.83. The Labute approximate surface area is 110 Å². The monoisotopic (exact) mass is 250 g/mol. The molecule has 0 bridgehead atoms. The maximum absolute atomic E-state index is 4.11. The van der Waals surface area contributed by atoms with Crippen LogP contribution in [-0.4, -0.2) is 46.2 Å². The normalized spacial score (nSPS) is 23.1. The van der Waals surface area contributed by atoms with Crippen LogP contribution in [0, 0.1) is 0 Å². The van der Waals surface area contributed by atoms with Crippen LogP contribution in [0.4, 0.5) is 0 Å². The lowest BCUT2D eigenvalue weighted by Gasteiger charge is -2.37. The summed E-state index contributed by atoms with van der Waals surface area (Å²) in [6.07, 6.45) is 9.68. The highest BCUT2D eigenvalue weighted by atomic mass is 15.2. The van der Waals surface area contributed by atoms with Gasteiger partial charge in [-0.1, -0.05) is 6.92 Å². The van der Waals surface area contributed by atoms with E-state index in [-0.39, 0.29) is 0 Å². The summed E-state index contributed by atoms with van der Waals surface area (Å²) in [5.41, 5.74) is 0. The summed E-state index contributed by atoms with van der Waals surface area (Å²) in [5.74, 6) is 0. The van der Waals surface area contributed by atoms with Crippen LogP contribution in [0.5, 0.6) is 0 Å². The lowest BCUT2D eigenvalue weighted by molar-refractivity contribution is 0.134. The number of likely N-dealkylation sites (tertiary alicyclic amines) is 1. The van der Waals surface area contributed by atoms with E-state index in [1.165, 1.54) is 32.4 Å². The van der Waals surface area contributed by atoms with Crippen LogP contribution in [0.15, 0.2) is 18.7 Å². The van der Waals surface area contributed by atoms with Gasteiger partial charge in [-0.25, -0.2) is 4.98 Å². The van der Waals surface area contributed by atoms with E-state index in [1.807, 2.05) is 18.7 Å². The standard InChI is InChI=1S/C14H26N4/c1-3-6-16-14-5-4-8-18(11-14)13(2)10-17-9-7-15-12-17/h7,9,12-14,16H,3-6,8,10-11H2,1-2H3. The lowest BCUT2D eigenvalue weighted by Crippen LogP contribution is -2.49. The number of nitrogens with one attached hydrogen (secondary N) is 1. The second-order valence-electron chi connectivity index (χ2n) is 5.40. The molecule has 4 heteroatoms. The van der Waals surface area contributed by atoms with Crippen molar-refractivity contribution in [2.75, 3.05) is 19.6 Å². The largest absolute Gasteiger partial charge is 0.336 e. The van der Waals surface area contributed by atoms with E-state index < -0.39 is 0 Å². The van der Waals surface area contributed by atoms with Crippen molar-refractivity contribution in [3.8, 4) is 0 Å². The third kappa shape index (κ3) is 3.82. The van der Waals surface area contributed by atoms with Crippen LogP contribution in [0.25, 0.3) is 0 Å². The van der Waals surface area contributed by atoms with Crippen molar-refractivity contribution in [3.63, 3.8) is 0 Å². The maximum atomic E-state index is 4.11. The van der Waals surface area contributed by atoms with E-state index in [4.69, 9.17) is 0 Å². The molecule has 2 unspecified atom stereocenters. The number of imidazole rings is 1. The molecular weight excluding hydrogens is 224 g/mol. The van der Waals surface area contributed by atoms with Gasteiger partial charge < -0.3 is 9.88 Å². The molecule has 1 N–H and O–H groups in total. The van der Waals surface area contributed by atoms with Gasteiger partial charge in [0.25, 0.3) is 0 Å². The minimum absolute atomic E-state index is 0.588. The Morgan fingerprint density at radius 3 is 3.11 bits per heavy atom. The van der Waals surface area contributed by atoms with Crippen molar-refractivity contribution in [1.29, 1.82) is 0 Å². The zero-order chi connectivity index (χ0) is 12.8. The zero-order valence-electron chi connectivity index (χ0n) is 11.7. The summed E-state index contributed by atoms with van der Waals surface area (Å²) in [4.78, 5) is 6.72. The van der Waals surface area contributed by atoms with E-state index in [1.54, 1.807) is 0 Å². The van der Waals surface area contributed by atoms with Gasteiger partial charge in [0.2, 0.25) is 0 Å². The molecule has 4 nitrogen and oxygen atoms in total. The predicted octanol–water partition coefficient (Wildman–Crippen LogP) is 1.74. The van der Waals surface area contributed by atoms with Crippen molar-refractivity contribution >= 4 is 0 Å². The summed E-state index contributed by atoms with van der Waals surface area (Å²) >= 11 is 0. The first-order chi connectivity index (χ1) is 8.79. The molecule has 1 saturated heterocycles. The van der Waals surface area contributed by atoms with E-state index in [0.29, 0.717) is 12.1 Å². The molecule has 18 heavy (non-hydrogen) atoms. The van der Waals surface area contributed by atoms with E-state index in [2.05, 4.69) is 33.6 Å². The fraction of sp³-hybridized carbons (Fsp3) is 0.786. The Kier molecular flexibility index (Phi) is 5.20. The van der Waals surface area contributed by atoms with Gasteiger partial charge in [0.1, 0.15) is 0 Å². The Morgan fingerprint density at radius 2 is 2.39 bits per heavy atom. The summed E-state index contributed by atoms with van der Waals surface area (Å²) in [5, 5.41) is 3.65. The molecule has 2 rings (SSSR count). The molecule has 0 amide bonds. The second kappa shape index (κ2) is 6.90. The molecule has 1 fully saturated rings. The van der Waals surface area contributed by atoms with E-state index in [0.717, 1.165) is 13.1 Å². The van der Waals surface area contributed by atoms with Gasteiger partial charge in [0.05, 0.1) is 6.33 Å². The molecule has 0 aliphatic carbocycles. The summed E-state index contributed by atoms with van der Waals surface area (Å²) in [6, 6.07) is 1.27. The Bertz CT molecular complexity index is 323. The first-order valence-electron chi connectivity index (χ1n) is 7.22. The predicted molar refractivity (Wildman–Crippen MR) is 74.6 cm³/mol. The average Bonchev–Trinajstić information content (AvgIpc) is 2.89. The van der Waals surface area contributed by atoms with Crippen molar-refractivity contribution in [2.24, 2.45) is 0 Å². The van der Waals surface area contributed by atoms with Crippen molar-refractivity contribution < 1.29 is 0 Å². The molecule has 1 aromatic rings. The second-order valence-corrected chi connectivity index (χ2v) is 5.40. The minimum atomic E-state index is 0.588. The third-order valence-electron chi connectivity index (χ3n) is 3.79. The molecule has 0 radical (unpaired) electrons. The number of rotatable bonds is 6. The van der Waals surface area contributed by atoms with Crippen LogP contribution < -0.4 is 5.32 Å². The summed E-state index contributed by atoms with van der Waals surface area (Å²) in [7, 11) is 0. The van der Waals surface area contributed by atoms with Crippen molar-refractivity contribution in [1.82, 2.24) is 19.8 Å². The molecular formula is C14H26N4. The minimum Gasteiger partial charge on any atom is -0.336 e. The highest BCUT2D eigenvalue weighted by Gasteiger charge is 2.22. The van der Waals surface area contributed by atoms with Crippen LogP contribution in [0.2, 0.25) is 0 Å². The van der Waals surface area contributed by atoms with Gasteiger partial charge >= 0.3 is 0 Å². The van der Waals surface area contributed by atoms with E-state index >= 15 is 0 Å². The van der Waals surface area contributed by atoms with E-state index in [9.17, 15) is 0 Å². The van der Waals surface area contributed by atoms with Crippen LogP contribution in [-0.2, 0) is 6.54 Å². The molecule has 2 heterocycles. The highest BCUT2D eigenvalue weighted by Crippen LogP contribution is 2.14. The van der Waals surface area contributed by atoms with Gasteiger partial charge in [-0.05, 0) is 39.3 Å². The molecule has 102 valence electrons. The Morgan fingerprint density at radius 1 is 1.50 bits per heavy atom. The van der Waals surface area contributed by atoms with Crippen molar-refractivity contribution in [3.05, 3.63) is 18.7 Å². The molecule has 0 saturated carbocycles. The lowest BCUT2D eigenvalue weighted by atomic mass is 10.0. The summed E-state index contributed by atoms with van der Waals surface area (Å²) < 4.78 is 2.17. The fourth-order valence-corrected chi connectivity index (χ4v) is 2.74. The number of hydrogen-bond acceptors (Lipinski definition) is 3. The smallest absolute Gasteiger partial charge is 0.0946 e. The Hall–Kier alpha value is -0.870. The van der Waals surface area contributed by atoms with Gasteiger partial charge in [-0.15, -0.1) is 0 Å². The topological polar surface area (TPSA) is 33.1 Å². The zero-order valence-corrected chi connectivity index (χ0v) is 11.7. The van der Waals surface area contributed by atoms with Gasteiger partial charge in [-0.2, -0.15) is 0 Å².